The molecular weight excluding hydrogens is 315 g/mol. The average molecular weight is 336 g/mol. The van der Waals surface area contributed by atoms with Crippen LogP contribution in [0.2, 0.25) is 0 Å². The summed E-state index contributed by atoms with van der Waals surface area (Å²) in [7, 11) is 1.75. The number of aromatic nitrogens is 2. The van der Waals surface area contributed by atoms with E-state index < -0.39 is 0 Å². The summed E-state index contributed by atoms with van der Waals surface area (Å²) in [4.78, 5) is 0. The smallest absolute Gasteiger partial charge is 0.0758 e. The van der Waals surface area contributed by atoms with Gasteiger partial charge in [-0.25, -0.2) is 0 Å². The lowest BCUT2D eigenvalue weighted by molar-refractivity contribution is 0.178. The lowest BCUT2D eigenvalue weighted by atomic mass is 10.2. The van der Waals surface area contributed by atoms with Crippen LogP contribution in [0.15, 0.2) is 0 Å². The Balaban J connectivity index is 2.93. The van der Waals surface area contributed by atoms with Crippen molar-refractivity contribution in [3.63, 3.8) is 0 Å². The van der Waals surface area contributed by atoms with Gasteiger partial charge in [0.15, 0.2) is 0 Å². The largest absolute Gasteiger partial charge is 0.385 e. The van der Waals surface area contributed by atoms with Crippen molar-refractivity contribution >= 4 is 22.6 Å². The fourth-order valence-electron chi connectivity index (χ4n) is 1.82. The van der Waals surface area contributed by atoms with E-state index in [-0.39, 0.29) is 0 Å². The third kappa shape index (κ3) is 2.97. The summed E-state index contributed by atoms with van der Waals surface area (Å²) in [6, 6.07) is 0.420. The van der Waals surface area contributed by atoms with Gasteiger partial charge in [-0.1, -0.05) is 13.8 Å². The zero-order valence-electron chi connectivity index (χ0n) is 10.6. The van der Waals surface area contributed by atoms with Crippen molar-refractivity contribution in [1.82, 2.24) is 9.78 Å². The van der Waals surface area contributed by atoms with Gasteiger partial charge < -0.3 is 4.74 Å². The van der Waals surface area contributed by atoms with Crippen LogP contribution in [0.1, 0.15) is 44.6 Å². The predicted octanol–water partition coefficient (Wildman–Crippen LogP) is 3.21. The van der Waals surface area contributed by atoms with Gasteiger partial charge in [0.05, 0.1) is 21.0 Å². The van der Waals surface area contributed by atoms with E-state index in [1.54, 1.807) is 7.11 Å². The molecule has 1 aromatic rings. The fraction of sp³-hybridized carbons (Fsp3) is 0.750. The van der Waals surface area contributed by atoms with Crippen LogP contribution in [-0.4, -0.2) is 23.5 Å². The molecule has 0 bridgehead atoms. The number of halogens is 1. The average Bonchev–Trinajstić information content (AvgIpc) is 2.62. The van der Waals surface area contributed by atoms with E-state index in [1.165, 1.54) is 15.0 Å². The second-order valence-electron chi connectivity index (χ2n) is 3.99. The standard InChI is InChI=1S/C12H21IN2O/c1-5-10-12(13)11(6-2)15(14-10)9(3)7-8-16-4/h9H,5-8H2,1-4H3. The van der Waals surface area contributed by atoms with Crippen molar-refractivity contribution in [3.8, 4) is 0 Å². The first-order chi connectivity index (χ1) is 7.65. The zero-order valence-corrected chi connectivity index (χ0v) is 12.7. The molecule has 0 aliphatic rings. The number of nitrogens with zero attached hydrogens (tertiary/aromatic N) is 2. The molecule has 0 aromatic carbocycles. The molecular formula is C12H21IN2O. The van der Waals surface area contributed by atoms with E-state index in [0.29, 0.717) is 6.04 Å². The van der Waals surface area contributed by atoms with Crippen molar-refractivity contribution in [2.45, 2.75) is 46.1 Å². The van der Waals surface area contributed by atoms with Crippen molar-refractivity contribution < 1.29 is 4.74 Å². The van der Waals surface area contributed by atoms with Crippen molar-refractivity contribution in [3.05, 3.63) is 15.0 Å². The molecule has 1 heterocycles. The molecule has 1 rings (SSSR count). The van der Waals surface area contributed by atoms with E-state index in [0.717, 1.165) is 25.9 Å². The Kier molecular flexibility index (Phi) is 5.75. The molecule has 3 nitrogen and oxygen atoms in total. The first-order valence-corrected chi connectivity index (χ1v) is 6.98. The molecule has 0 aliphatic carbocycles. The molecule has 0 aliphatic heterocycles. The molecule has 0 spiro atoms. The summed E-state index contributed by atoms with van der Waals surface area (Å²) in [5.41, 5.74) is 2.59. The van der Waals surface area contributed by atoms with Crippen molar-refractivity contribution in [2.24, 2.45) is 0 Å². The second-order valence-corrected chi connectivity index (χ2v) is 5.07. The molecule has 1 unspecified atom stereocenters. The Morgan fingerprint density at radius 3 is 2.56 bits per heavy atom. The van der Waals surface area contributed by atoms with Gasteiger partial charge in [0.1, 0.15) is 0 Å². The van der Waals surface area contributed by atoms with Crippen molar-refractivity contribution in [1.29, 1.82) is 0 Å². The van der Waals surface area contributed by atoms with Gasteiger partial charge in [-0.05, 0) is 48.8 Å². The summed E-state index contributed by atoms with van der Waals surface area (Å²) in [6.07, 6.45) is 3.07. The number of hydrogen-bond donors (Lipinski definition) is 0. The quantitative estimate of drug-likeness (QED) is 0.746. The van der Waals surface area contributed by atoms with Crippen LogP contribution in [0.25, 0.3) is 0 Å². The topological polar surface area (TPSA) is 27.1 Å². The fourth-order valence-corrected chi connectivity index (χ4v) is 2.94. The molecule has 16 heavy (non-hydrogen) atoms. The molecule has 4 heteroatoms. The highest BCUT2D eigenvalue weighted by Crippen LogP contribution is 2.23. The second kappa shape index (κ2) is 6.59. The van der Waals surface area contributed by atoms with E-state index in [1.807, 2.05) is 0 Å². The maximum atomic E-state index is 5.13. The monoisotopic (exact) mass is 336 g/mol. The number of hydrogen-bond acceptors (Lipinski definition) is 2. The van der Waals surface area contributed by atoms with Gasteiger partial charge in [0.25, 0.3) is 0 Å². The van der Waals surface area contributed by atoms with Crippen LogP contribution in [0, 0.1) is 3.57 Å². The lowest BCUT2D eigenvalue weighted by Crippen LogP contribution is -2.12. The minimum Gasteiger partial charge on any atom is -0.385 e. The van der Waals surface area contributed by atoms with Crippen molar-refractivity contribution in [2.75, 3.05) is 13.7 Å². The van der Waals surface area contributed by atoms with Gasteiger partial charge in [-0.3, -0.25) is 4.68 Å². The molecule has 0 N–H and O–H groups in total. The van der Waals surface area contributed by atoms with Gasteiger partial charge in [0.2, 0.25) is 0 Å². The normalized spacial score (nSPS) is 13.1. The summed E-state index contributed by atoms with van der Waals surface area (Å²) < 4.78 is 8.65. The van der Waals surface area contributed by atoms with Crippen LogP contribution in [0.3, 0.4) is 0 Å². The van der Waals surface area contributed by atoms with E-state index in [9.17, 15) is 0 Å². The van der Waals surface area contributed by atoms with Crippen LogP contribution >= 0.6 is 22.6 Å². The van der Waals surface area contributed by atoms with E-state index in [2.05, 4.69) is 48.0 Å². The molecule has 0 saturated heterocycles. The van der Waals surface area contributed by atoms with Crippen LogP contribution in [0.4, 0.5) is 0 Å². The summed E-state index contributed by atoms with van der Waals surface area (Å²) in [5, 5.41) is 4.71. The summed E-state index contributed by atoms with van der Waals surface area (Å²) in [5.74, 6) is 0. The van der Waals surface area contributed by atoms with Crippen LogP contribution < -0.4 is 0 Å². The van der Waals surface area contributed by atoms with E-state index >= 15 is 0 Å². The SMILES string of the molecule is CCc1nn(C(C)CCOC)c(CC)c1I. The highest BCUT2D eigenvalue weighted by molar-refractivity contribution is 14.1. The molecule has 92 valence electrons. The molecule has 1 aromatic heterocycles. The lowest BCUT2D eigenvalue weighted by Gasteiger charge is -2.14. The molecule has 0 fully saturated rings. The summed E-state index contributed by atoms with van der Waals surface area (Å²) >= 11 is 2.42. The van der Waals surface area contributed by atoms with Gasteiger partial charge in [0, 0.05) is 13.7 Å². The Morgan fingerprint density at radius 1 is 1.38 bits per heavy atom. The first-order valence-electron chi connectivity index (χ1n) is 5.90. The first kappa shape index (κ1) is 14.0. The molecule has 0 radical (unpaired) electrons. The Hall–Kier alpha value is -0.100. The van der Waals surface area contributed by atoms with Gasteiger partial charge in [-0.15, -0.1) is 0 Å². The molecule has 0 amide bonds. The number of methoxy groups -OCH3 is 1. The summed E-state index contributed by atoms with van der Waals surface area (Å²) in [6.45, 7) is 7.36. The Morgan fingerprint density at radius 2 is 2.06 bits per heavy atom. The predicted molar refractivity (Wildman–Crippen MR) is 74.9 cm³/mol. The number of rotatable bonds is 6. The van der Waals surface area contributed by atoms with Crippen LogP contribution in [-0.2, 0) is 17.6 Å². The number of ether oxygens (including phenoxy) is 1. The minimum absolute atomic E-state index is 0.420. The van der Waals surface area contributed by atoms with Gasteiger partial charge in [-0.2, -0.15) is 5.10 Å². The molecule has 0 saturated carbocycles. The maximum absolute atomic E-state index is 5.13. The third-order valence-corrected chi connectivity index (χ3v) is 4.08. The third-order valence-electron chi connectivity index (χ3n) is 2.84. The van der Waals surface area contributed by atoms with E-state index in [4.69, 9.17) is 9.84 Å². The highest BCUT2D eigenvalue weighted by atomic mass is 127. The maximum Gasteiger partial charge on any atom is 0.0758 e. The van der Waals surface area contributed by atoms with Crippen LogP contribution in [0.5, 0.6) is 0 Å². The zero-order chi connectivity index (χ0) is 12.1. The van der Waals surface area contributed by atoms with Gasteiger partial charge >= 0.3 is 0 Å². The molecule has 1 atom stereocenters. The Bertz CT molecular complexity index is 336. The minimum atomic E-state index is 0.420. The Labute approximate surface area is 112 Å². The highest BCUT2D eigenvalue weighted by Gasteiger charge is 2.16. The number of aryl methyl sites for hydroxylation is 1.